The third-order valence-corrected chi connectivity index (χ3v) is 9.45. The lowest BCUT2D eigenvalue weighted by molar-refractivity contribution is -0.141. The predicted molar refractivity (Wildman–Crippen MR) is 138 cm³/mol. The number of likely N-dealkylation sites (tertiary alicyclic amines) is 1. The summed E-state index contributed by atoms with van der Waals surface area (Å²) in [6.07, 6.45) is 14.4. The number of rotatable bonds is 7. The summed E-state index contributed by atoms with van der Waals surface area (Å²) < 4.78 is 6.75. The highest BCUT2D eigenvalue weighted by atomic mass is 16.5. The molecule has 0 aromatic heterocycles. The van der Waals surface area contributed by atoms with Crippen molar-refractivity contribution in [3.8, 4) is 5.75 Å². The Bertz CT molecular complexity index is 909. The van der Waals surface area contributed by atoms with E-state index in [0.29, 0.717) is 5.92 Å². The number of benzene rings is 1. The molecule has 5 atom stereocenters. The number of carbonyl (C=O) groups excluding carboxylic acids is 2. The van der Waals surface area contributed by atoms with Gasteiger partial charge in [0.2, 0.25) is 11.8 Å². The molecule has 3 aliphatic carbocycles. The zero-order chi connectivity index (χ0) is 24.4. The molecule has 1 aromatic rings. The van der Waals surface area contributed by atoms with E-state index in [4.69, 9.17) is 4.74 Å². The Kier molecular flexibility index (Phi) is 7.69. The molecule has 5 nitrogen and oxygen atoms in total. The molecule has 5 heteroatoms. The summed E-state index contributed by atoms with van der Waals surface area (Å²) in [7, 11) is 0. The lowest BCUT2D eigenvalue weighted by Crippen LogP contribution is -2.56. The van der Waals surface area contributed by atoms with Crippen LogP contribution in [0.25, 0.3) is 0 Å². The van der Waals surface area contributed by atoms with Gasteiger partial charge in [-0.05, 0) is 93.2 Å². The van der Waals surface area contributed by atoms with Crippen molar-refractivity contribution in [2.75, 3.05) is 6.54 Å². The van der Waals surface area contributed by atoms with Crippen LogP contribution in [0.2, 0.25) is 0 Å². The van der Waals surface area contributed by atoms with Crippen molar-refractivity contribution in [3.05, 3.63) is 29.3 Å². The summed E-state index contributed by atoms with van der Waals surface area (Å²) in [4.78, 5) is 29.1. The van der Waals surface area contributed by atoms with Crippen LogP contribution in [-0.4, -0.2) is 41.4 Å². The number of carbonyl (C=O) groups is 2. The van der Waals surface area contributed by atoms with Crippen LogP contribution in [0.15, 0.2) is 18.2 Å². The van der Waals surface area contributed by atoms with Gasteiger partial charge in [0.25, 0.3) is 0 Å². The van der Waals surface area contributed by atoms with Crippen LogP contribution in [0.3, 0.4) is 0 Å². The van der Waals surface area contributed by atoms with Gasteiger partial charge >= 0.3 is 0 Å². The molecule has 0 unspecified atom stereocenters. The number of hydrogen-bond donors (Lipinski definition) is 1. The average Bonchev–Trinajstić information content (AvgIpc) is 3.50. The molecule has 4 aliphatic rings. The van der Waals surface area contributed by atoms with E-state index in [2.05, 4.69) is 28.4 Å². The van der Waals surface area contributed by atoms with Crippen LogP contribution in [0.5, 0.6) is 5.75 Å². The minimum atomic E-state index is -0.388. The molecule has 1 aromatic carbocycles. The van der Waals surface area contributed by atoms with E-state index < -0.39 is 0 Å². The van der Waals surface area contributed by atoms with Gasteiger partial charge in [-0.2, -0.15) is 0 Å². The molecule has 2 amide bonds. The van der Waals surface area contributed by atoms with E-state index >= 15 is 0 Å². The Hall–Kier alpha value is -2.04. The summed E-state index contributed by atoms with van der Waals surface area (Å²) in [6.45, 7) is 4.80. The number of hydrogen-bond acceptors (Lipinski definition) is 3. The van der Waals surface area contributed by atoms with Gasteiger partial charge in [0.15, 0.2) is 0 Å². The second-order valence-electron chi connectivity index (χ2n) is 11.6. The van der Waals surface area contributed by atoms with Crippen molar-refractivity contribution in [2.45, 2.75) is 116 Å². The van der Waals surface area contributed by atoms with Gasteiger partial charge in [0.05, 0.1) is 6.04 Å². The SMILES string of the molecule is CC[C@@H](C)C(=O)N[C@H](C(=O)N1CC[C@H]2CC[C@H](Oc3cccc4c3CCCC4)[C@H]21)C1CCCCC1. The largest absolute Gasteiger partial charge is 0.488 e. The zero-order valence-electron chi connectivity index (χ0n) is 21.8. The van der Waals surface area contributed by atoms with Gasteiger partial charge in [-0.15, -0.1) is 0 Å². The normalized spacial score (nSPS) is 28.2. The first-order valence-electron chi connectivity index (χ1n) is 14.4. The summed E-state index contributed by atoms with van der Waals surface area (Å²) in [5.74, 6) is 1.92. The number of nitrogens with one attached hydrogen (secondary N) is 1. The molecule has 1 saturated heterocycles. The lowest BCUT2D eigenvalue weighted by atomic mass is 9.83. The molecular weight excluding hydrogens is 436 g/mol. The fraction of sp³-hybridized carbons (Fsp3) is 0.733. The Morgan fingerprint density at radius 1 is 1.03 bits per heavy atom. The van der Waals surface area contributed by atoms with Gasteiger partial charge in [-0.3, -0.25) is 9.59 Å². The second kappa shape index (κ2) is 10.9. The summed E-state index contributed by atoms with van der Waals surface area (Å²) >= 11 is 0. The van der Waals surface area contributed by atoms with E-state index in [9.17, 15) is 9.59 Å². The number of fused-ring (bicyclic) bond motifs is 2. The van der Waals surface area contributed by atoms with Crippen molar-refractivity contribution < 1.29 is 14.3 Å². The zero-order valence-corrected chi connectivity index (χ0v) is 21.8. The monoisotopic (exact) mass is 480 g/mol. The second-order valence-corrected chi connectivity index (χ2v) is 11.6. The van der Waals surface area contributed by atoms with Crippen LogP contribution in [0, 0.1) is 17.8 Å². The Balaban J connectivity index is 1.35. The van der Waals surface area contributed by atoms with Gasteiger partial charge in [0.1, 0.15) is 17.9 Å². The average molecular weight is 481 g/mol. The molecule has 1 heterocycles. The van der Waals surface area contributed by atoms with E-state index in [0.717, 1.165) is 76.5 Å². The van der Waals surface area contributed by atoms with Gasteiger partial charge in [-0.25, -0.2) is 0 Å². The van der Waals surface area contributed by atoms with Crippen LogP contribution in [-0.2, 0) is 22.4 Å². The summed E-state index contributed by atoms with van der Waals surface area (Å²) in [5, 5.41) is 3.23. The molecule has 192 valence electrons. The fourth-order valence-corrected chi connectivity index (χ4v) is 7.16. The highest BCUT2D eigenvalue weighted by molar-refractivity contribution is 5.89. The molecule has 1 aliphatic heterocycles. The maximum absolute atomic E-state index is 14.1. The van der Waals surface area contributed by atoms with Crippen molar-refractivity contribution >= 4 is 11.8 Å². The van der Waals surface area contributed by atoms with E-state index in [1.54, 1.807) is 0 Å². The highest BCUT2D eigenvalue weighted by Crippen LogP contribution is 2.42. The van der Waals surface area contributed by atoms with Crippen molar-refractivity contribution in [3.63, 3.8) is 0 Å². The first-order valence-corrected chi connectivity index (χ1v) is 14.4. The fourth-order valence-electron chi connectivity index (χ4n) is 7.16. The minimum absolute atomic E-state index is 0.0299. The maximum Gasteiger partial charge on any atom is 0.245 e. The number of ether oxygens (including phenoxy) is 1. The highest BCUT2D eigenvalue weighted by Gasteiger charge is 2.49. The standard InChI is InChI=1S/C30H44N2O3/c1-3-20(2)29(33)31-27(22-11-5-4-6-12-22)30(34)32-19-18-23-16-17-26(28(23)32)35-25-15-9-13-21-10-7-8-14-24(21)25/h9,13,15,20,22-23,26-28H,3-8,10-12,14,16-19H2,1-2H3,(H,31,33)/t20-,23-,26+,27+,28+/m1/s1. The molecule has 35 heavy (non-hydrogen) atoms. The predicted octanol–water partition coefficient (Wildman–Crippen LogP) is 5.43. The summed E-state index contributed by atoms with van der Waals surface area (Å²) in [6, 6.07) is 6.26. The Morgan fingerprint density at radius 2 is 1.83 bits per heavy atom. The smallest absolute Gasteiger partial charge is 0.245 e. The van der Waals surface area contributed by atoms with Gasteiger partial charge < -0.3 is 15.0 Å². The van der Waals surface area contributed by atoms with Crippen molar-refractivity contribution in [1.82, 2.24) is 10.2 Å². The van der Waals surface area contributed by atoms with Crippen LogP contribution in [0.1, 0.15) is 95.6 Å². The molecule has 1 N–H and O–H groups in total. The molecular formula is C30H44N2O3. The lowest BCUT2D eigenvalue weighted by Gasteiger charge is -2.37. The van der Waals surface area contributed by atoms with Crippen LogP contribution in [0.4, 0.5) is 0 Å². The summed E-state index contributed by atoms with van der Waals surface area (Å²) in [5.41, 5.74) is 2.83. The quantitative estimate of drug-likeness (QED) is 0.566. The van der Waals surface area contributed by atoms with Crippen molar-refractivity contribution in [2.24, 2.45) is 17.8 Å². The van der Waals surface area contributed by atoms with Crippen LogP contribution >= 0.6 is 0 Å². The third kappa shape index (κ3) is 5.11. The molecule has 0 bridgehead atoms. The van der Waals surface area contributed by atoms with E-state index in [1.165, 1.54) is 30.4 Å². The van der Waals surface area contributed by atoms with Gasteiger partial charge in [-0.1, -0.05) is 45.2 Å². The van der Waals surface area contributed by atoms with Crippen LogP contribution < -0.4 is 10.1 Å². The number of amides is 2. The first kappa shape index (κ1) is 24.6. The molecule has 2 saturated carbocycles. The first-order chi connectivity index (χ1) is 17.1. The van der Waals surface area contributed by atoms with E-state index in [-0.39, 0.29) is 41.8 Å². The maximum atomic E-state index is 14.1. The molecule has 5 rings (SSSR count). The van der Waals surface area contributed by atoms with E-state index in [1.807, 2.05) is 13.8 Å². The number of aryl methyl sites for hydroxylation is 1. The topological polar surface area (TPSA) is 58.6 Å². The molecule has 0 spiro atoms. The molecule has 0 radical (unpaired) electrons. The Morgan fingerprint density at radius 3 is 2.63 bits per heavy atom. The van der Waals surface area contributed by atoms with Crippen molar-refractivity contribution in [1.29, 1.82) is 0 Å². The molecule has 3 fully saturated rings. The number of nitrogens with zero attached hydrogens (tertiary/aromatic N) is 1. The minimum Gasteiger partial charge on any atom is -0.488 e. The Labute approximate surface area is 211 Å². The third-order valence-electron chi connectivity index (χ3n) is 9.45. The van der Waals surface area contributed by atoms with Gasteiger partial charge in [0, 0.05) is 12.5 Å².